The predicted octanol–water partition coefficient (Wildman–Crippen LogP) is 2.77. The molecule has 0 saturated carbocycles. The van der Waals surface area contributed by atoms with Crippen LogP contribution < -0.4 is 10.6 Å². The third-order valence-electron chi connectivity index (χ3n) is 3.53. The van der Waals surface area contributed by atoms with Gasteiger partial charge < -0.3 is 14.8 Å². The number of carbonyl (C=O) groups is 1. The Morgan fingerprint density at radius 3 is 2.80 bits per heavy atom. The van der Waals surface area contributed by atoms with Gasteiger partial charge in [0.05, 0.1) is 18.5 Å². The number of amides is 2. The van der Waals surface area contributed by atoms with Crippen molar-refractivity contribution >= 4 is 11.8 Å². The summed E-state index contributed by atoms with van der Waals surface area (Å²) in [5.41, 5.74) is 1.46. The van der Waals surface area contributed by atoms with Crippen molar-refractivity contribution in [3.8, 4) is 5.69 Å². The van der Waals surface area contributed by atoms with Crippen molar-refractivity contribution in [2.75, 3.05) is 11.9 Å². The number of carbonyl (C=O) groups excluding carboxylic acids is 1. The quantitative estimate of drug-likeness (QED) is 0.663. The number of hydrogen-bond acceptors (Lipinski definition) is 4. The van der Waals surface area contributed by atoms with Crippen molar-refractivity contribution < 1.29 is 18.7 Å². The molecular weight excluding hydrogens is 327 g/mol. The summed E-state index contributed by atoms with van der Waals surface area (Å²) < 4.78 is 19.7. The molecule has 0 radical (unpaired) electrons. The number of hydrogen-bond donors (Lipinski definition) is 3. The van der Waals surface area contributed by atoms with Crippen molar-refractivity contribution in [1.29, 1.82) is 0 Å². The standard InChI is InChI=1S/C17H17FN4O3/c1-11-9-16(21-22(11)13-6-4-12(18)5-7-13)20-17(24)19-10-14(23)15-3-2-8-25-15/h2-9,14,23H,10H2,1H3,(H2,19,20,21,24). The minimum absolute atomic E-state index is 0.00298. The maximum atomic E-state index is 13.0. The molecule has 2 amide bonds. The van der Waals surface area contributed by atoms with E-state index in [4.69, 9.17) is 4.42 Å². The van der Waals surface area contributed by atoms with E-state index in [-0.39, 0.29) is 12.4 Å². The van der Waals surface area contributed by atoms with Crippen molar-refractivity contribution in [3.05, 3.63) is 66.0 Å². The van der Waals surface area contributed by atoms with E-state index in [2.05, 4.69) is 15.7 Å². The molecule has 2 aromatic heterocycles. The molecule has 0 fully saturated rings. The molecule has 25 heavy (non-hydrogen) atoms. The summed E-state index contributed by atoms with van der Waals surface area (Å²) in [6.45, 7) is 1.82. The van der Waals surface area contributed by atoms with Crippen LogP contribution in [-0.4, -0.2) is 27.5 Å². The van der Waals surface area contributed by atoms with Crippen LogP contribution in [0.5, 0.6) is 0 Å². The normalized spacial score (nSPS) is 12.0. The highest BCUT2D eigenvalue weighted by Crippen LogP contribution is 2.16. The van der Waals surface area contributed by atoms with Crippen LogP contribution in [-0.2, 0) is 0 Å². The van der Waals surface area contributed by atoms with Gasteiger partial charge in [0.2, 0.25) is 0 Å². The second-order valence-electron chi connectivity index (χ2n) is 5.43. The van der Waals surface area contributed by atoms with Crippen LogP contribution in [0.1, 0.15) is 17.6 Å². The fourth-order valence-electron chi connectivity index (χ4n) is 2.31. The van der Waals surface area contributed by atoms with E-state index >= 15 is 0 Å². The molecular formula is C17H17FN4O3. The topological polar surface area (TPSA) is 92.3 Å². The Morgan fingerprint density at radius 2 is 2.12 bits per heavy atom. The lowest BCUT2D eigenvalue weighted by molar-refractivity contribution is 0.149. The van der Waals surface area contributed by atoms with Crippen molar-refractivity contribution in [3.63, 3.8) is 0 Å². The number of rotatable bonds is 5. The minimum Gasteiger partial charge on any atom is -0.467 e. The summed E-state index contributed by atoms with van der Waals surface area (Å²) >= 11 is 0. The Kier molecular flexibility index (Phi) is 4.80. The fourth-order valence-corrected chi connectivity index (χ4v) is 2.31. The molecule has 1 atom stereocenters. The van der Waals surface area contributed by atoms with Gasteiger partial charge in [-0.3, -0.25) is 5.32 Å². The van der Waals surface area contributed by atoms with Gasteiger partial charge in [0.1, 0.15) is 17.7 Å². The molecule has 3 aromatic rings. The highest BCUT2D eigenvalue weighted by Gasteiger charge is 2.13. The van der Waals surface area contributed by atoms with E-state index in [1.54, 1.807) is 35.0 Å². The number of nitrogens with zero attached hydrogens (tertiary/aromatic N) is 2. The summed E-state index contributed by atoms with van der Waals surface area (Å²) in [7, 11) is 0. The zero-order chi connectivity index (χ0) is 17.8. The average molecular weight is 344 g/mol. The first-order valence-electron chi connectivity index (χ1n) is 7.62. The Bertz CT molecular complexity index is 843. The van der Waals surface area contributed by atoms with Crippen LogP contribution in [0.2, 0.25) is 0 Å². The first-order chi connectivity index (χ1) is 12.0. The van der Waals surface area contributed by atoms with E-state index in [1.807, 2.05) is 6.92 Å². The smallest absolute Gasteiger partial charge is 0.320 e. The molecule has 1 unspecified atom stereocenters. The van der Waals surface area contributed by atoms with Gasteiger partial charge in [-0.25, -0.2) is 13.9 Å². The number of halogens is 1. The number of aliphatic hydroxyl groups is 1. The van der Waals surface area contributed by atoms with Gasteiger partial charge in [-0.15, -0.1) is 5.10 Å². The van der Waals surface area contributed by atoms with Crippen LogP contribution in [0, 0.1) is 12.7 Å². The van der Waals surface area contributed by atoms with Crippen LogP contribution in [0.3, 0.4) is 0 Å². The molecule has 7 nitrogen and oxygen atoms in total. The van der Waals surface area contributed by atoms with Gasteiger partial charge in [-0.1, -0.05) is 0 Å². The number of urea groups is 1. The number of benzene rings is 1. The third-order valence-corrected chi connectivity index (χ3v) is 3.53. The zero-order valence-corrected chi connectivity index (χ0v) is 13.4. The Balaban J connectivity index is 1.60. The van der Waals surface area contributed by atoms with Crippen molar-refractivity contribution in [2.24, 2.45) is 0 Å². The zero-order valence-electron chi connectivity index (χ0n) is 13.4. The summed E-state index contributed by atoms with van der Waals surface area (Å²) in [4.78, 5) is 11.9. The second kappa shape index (κ2) is 7.18. The SMILES string of the molecule is Cc1cc(NC(=O)NCC(O)c2ccco2)nn1-c1ccc(F)cc1. The van der Waals surface area contributed by atoms with E-state index in [1.165, 1.54) is 18.4 Å². The van der Waals surface area contributed by atoms with E-state index in [0.29, 0.717) is 17.3 Å². The van der Waals surface area contributed by atoms with Crippen LogP contribution >= 0.6 is 0 Å². The lowest BCUT2D eigenvalue weighted by Crippen LogP contribution is -2.32. The maximum absolute atomic E-state index is 13.0. The molecule has 3 N–H and O–H groups in total. The van der Waals surface area contributed by atoms with Crippen molar-refractivity contribution in [2.45, 2.75) is 13.0 Å². The monoisotopic (exact) mass is 344 g/mol. The molecule has 2 heterocycles. The number of nitrogens with one attached hydrogen (secondary N) is 2. The van der Waals surface area contributed by atoms with Crippen molar-refractivity contribution in [1.82, 2.24) is 15.1 Å². The van der Waals surface area contributed by atoms with Crippen LogP contribution in [0.15, 0.2) is 53.1 Å². The molecule has 0 spiro atoms. The number of anilines is 1. The number of furan rings is 1. The molecule has 8 heteroatoms. The molecule has 3 rings (SSSR count). The molecule has 0 aliphatic rings. The first-order valence-corrected chi connectivity index (χ1v) is 7.62. The summed E-state index contributed by atoms with van der Waals surface area (Å²) in [6, 6.07) is 10.3. The van der Waals surface area contributed by atoms with Gasteiger partial charge in [-0.05, 0) is 43.3 Å². The minimum atomic E-state index is -0.931. The van der Waals surface area contributed by atoms with Gasteiger partial charge in [0.25, 0.3) is 0 Å². The summed E-state index contributed by atoms with van der Waals surface area (Å²) in [5, 5.41) is 19.2. The highest BCUT2D eigenvalue weighted by atomic mass is 19.1. The maximum Gasteiger partial charge on any atom is 0.320 e. The summed E-state index contributed by atoms with van der Waals surface area (Å²) in [6.07, 6.45) is 0.517. The lowest BCUT2D eigenvalue weighted by Gasteiger charge is -2.09. The predicted molar refractivity (Wildman–Crippen MR) is 88.9 cm³/mol. The first kappa shape index (κ1) is 16.7. The second-order valence-corrected chi connectivity index (χ2v) is 5.43. The number of aryl methyl sites for hydroxylation is 1. The molecule has 0 bridgehead atoms. The molecule has 0 aliphatic heterocycles. The molecule has 0 aliphatic carbocycles. The van der Waals surface area contributed by atoms with E-state index < -0.39 is 12.1 Å². The third kappa shape index (κ3) is 4.04. The Labute approximate surface area is 143 Å². The molecule has 0 saturated heterocycles. The van der Waals surface area contributed by atoms with E-state index in [0.717, 1.165) is 5.69 Å². The van der Waals surface area contributed by atoms with Gasteiger partial charge in [-0.2, -0.15) is 0 Å². The average Bonchev–Trinajstić information content (AvgIpc) is 3.23. The molecule has 130 valence electrons. The fraction of sp³-hybridized carbons (Fsp3) is 0.176. The lowest BCUT2D eigenvalue weighted by atomic mass is 10.3. The highest BCUT2D eigenvalue weighted by molar-refractivity contribution is 5.88. The van der Waals surface area contributed by atoms with Crippen LogP contribution in [0.25, 0.3) is 5.69 Å². The molecule has 1 aromatic carbocycles. The largest absolute Gasteiger partial charge is 0.467 e. The van der Waals surface area contributed by atoms with Gasteiger partial charge >= 0.3 is 6.03 Å². The Morgan fingerprint density at radius 1 is 1.36 bits per heavy atom. The van der Waals surface area contributed by atoms with Crippen LogP contribution in [0.4, 0.5) is 15.0 Å². The van der Waals surface area contributed by atoms with Gasteiger partial charge in [0.15, 0.2) is 5.82 Å². The number of aliphatic hydroxyl groups excluding tert-OH is 1. The van der Waals surface area contributed by atoms with E-state index in [9.17, 15) is 14.3 Å². The summed E-state index contributed by atoms with van der Waals surface area (Å²) in [5.74, 6) is 0.380. The Hall–Kier alpha value is -3.13. The van der Waals surface area contributed by atoms with Gasteiger partial charge in [0, 0.05) is 11.8 Å². The number of aromatic nitrogens is 2.